The van der Waals surface area contributed by atoms with Gasteiger partial charge < -0.3 is 39.4 Å². The number of benzene rings is 4. The Hall–Kier alpha value is -5.40. The summed E-state index contributed by atoms with van der Waals surface area (Å²) in [5, 5.41) is 36.3. The van der Waals surface area contributed by atoms with E-state index in [9.17, 15) is 24.3 Å². The van der Waals surface area contributed by atoms with Crippen molar-refractivity contribution in [3.8, 4) is 0 Å². The van der Waals surface area contributed by atoms with Crippen molar-refractivity contribution < 1.29 is 58.6 Å². The van der Waals surface area contributed by atoms with Crippen LogP contribution in [0.5, 0.6) is 0 Å². The first-order valence-electron chi connectivity index (χ1n) is 15.6. The lowest BCUT2D eigenvalue weighted by molar-refractivity contribution is -0.0551. The molecule has 4 aromatic rings. The van der Waals surface area contributed by atoms with Gasteiger partial charge in [0.2, 0.25) is 0 Å². The van der Waals surface area contributed by atoms with Gasteiger partial charge in [0.15, 0.2) is 0 Å². The Morgan fingerprint density at radius 2 is 0.980 bits per heavy atom. The van der Waals surface area contributed by atoms with Gasteiger partial charge in [-0.1, -0.05) is 66.7 Å². The Kier molecular flexibility index (Phi) is 18.8. The minimum Gasteiger partial charge on any atom is -0.478 e. The van der Waals surface area contributed by atoms with Crippen LogP contribution in [0.25, 0.3) is 0 Å². The summed E-state index contributed by atoms with van der Waals surface area (Å²) in [7, 11) is 0. The number of hydrogen-bond donors (Lipinski definition) is 4. The van der Waals surface area contributed by atoms with Crippen LogP contribution in [-0.2, 0) is 18.9 Å². The molecule has 4 aromatic carbocycles. The topological polar surface area (TPSA) is 186 Å². The van der Waals surface area contributed by atoms with Gasteiger partial charge in [-0.15, -0.1) is 0 Å². The van der Waals surface area contributed by atoms with Gasteiger partial charge >= 0.3 is 23.9 Å². The zero-order valence-corrected chi connectivity index (χ0v) is 27.8. The maximum atomic E-state index is 11.6. The summed E-state index contributed by atoms with van der Waals surface area (Å²) in [6.07, 6.45) is -2.06. The molecule has 3 unspecified atom stereocenters. The van der Waals surface area contributed by atoms with E-state index in [-0.39, 0.29) is 50.5 Å². The molecule has 0 bridgehead atoms. The third-order valence-corrected chi connectivity index (χ3v) is 6.48. The molecule has 0 aliphatic rings. The maximum absolute atomic E-state index is 11.6. The number of carboxylic acids is 2. The predicted octanol–water partition coefficient (Wildman–Crippen LogP) is 5.31. The first kappa shape index (κ1) is 40.8. The Bertz CT molecular complexity index is 1520. The molecule has 0 aliphatic carbocycles. The van der Waals surface area contributed by atoms with Crippen LogP contribution in [0, 0.1) is 0 Å². The van der Waals surface area contributed by atoms with Gasteiger partial charge in [0.1, 0.15) is 19.3 Å². The van der Waals surface area contributed by atoms with Crippen LogP contribution < -0.4 is 0 Å². The largest absolute Gasteiger partial charge is 0.478 e. The molecular weight excluding hydrogens is 648 g/mol. The molecule has 0 amide bonds. The third-order valence-electron chi connectivity index (χ3n) is 6.48. The van der Waals surface area contributed by atoms with Crippen molar-refractivity contribution in [3.63, 3.8) is 0 Å². The zero-order valence-electron chi connectivity index (χ0n) is 27.8. The van der Waals surface area contributed by atoms with Crippen LogP contribution in [0.1, 0.15) is 66.9 Å². The van der Waals surface area contributed by atoms with Gasteiger partial charge in [-0.25, -0.2) is 19.2 Å². The highest BCUT2D eigenvalue weighted by Crippen LogP contribution is 2.20. The normalized spacial score (nSPS) is 12.0. The number of carbonyl (C=O) groups is 4. The van der Waals surface area contributed by atoms with Crippen molar-refractivity contribution >= 4 is 23.9 Å². The Morgan fingerprint density at radius 3 is 1.38 bits per heavy atom. The first-order chi connectivity index (χ1) is 24.0. The van der Waals surface area contributed by atoms with Crippen molar-refractivity contribution in [2.45, 2.75) is 32.2 Å². The van der Waals surface area contributed by atoms with Crippen molar-refractivity contribution in [1.29, 1.82) is 0 Å². The molecular formula is C38H42O12. The second-order valence-electron chi connectivity index (χ2n) is 10.6. The van der Waals surface area contributed by atoms with E-state index in [2.05, 4.69) is 0 Å². The Morgan fingerprint density at radius 1 is 0.560 bits per heavy atom. The van der Waals surface area contributed by atoms with Gasteiger partial charge in [-0.05, 0) is 67.9 Å². The Labute approximate surface area is 290 Å². The number of hydrogen-bond acceptors (Lipinski definition) is 10. The maximum Gasteiger partial charge on any atom is 0.338 e. The number of carboxylic acid groups (broad SMARTS) is 2. The van der Waals surface area contributed by atoms with Gasteiger partial charge in [-0.2, -0.15) is 0 Å². The average Bonchev–Trinajstić information content (AvgIpc) is 3.14. The minimum atomic E-state index is -1.04. The molecule has 0 spiro atoms. The predicted molar refractivity (Wildman–Crippen MR) is 183 cm³/mol. The summed E-state index contributed by atoms with van der Waals surface area (Å²) in [6.45, 7) is 4.19. The summed E-state index contributed by atoms with van der Waals surface area (Å²) in [6, 6.07) is 31.9. The van der Waals surface area contributed by atoms with Crippen LogP contribution in [0.3, 0.4) is 0 Å². The highest BCUT2D eigenvalue weighted by atomic mass is 16.6. The van der Waals surface area contributed by atoms with E-state index >= 15 is 0 Å². The van der Waals surface area contributed by atoms with Gasteiger partial charge in [0.05, 0.1) is 54.3 Å². The van der Waals surface area contributed by atoms with Crippen molar-refractivity contribution in [2.75, 3.05) is 33.0 Å². The van der Waals surface area contributed by atoms with E-state index in [1.807, 2.05) is 12.1 Å². The molecule has 4 N–H and O–H groups in total. The molecule has 12 heteroatoms. The lowest BCUT2D eigenvalue weighted by Crippen LogP contribution is -2.23. The number of esters is 2. The molecule has 0 heterocycles. The average molecular weight is 691 g/mol. The third kappa shape index (κ3) is 16.1. The molecule has 3 atom stereocenters. The van der Waals surface area contributed by atoms with Gasteiger partial charge in [-0.3, -0.25) is 0 Å². The first-order valence-corrected chi connectivity index (χ1v) is 15.6. The summed E-state index contributed by atoms with van der Waals surface area (Å²) < 4.78 is 20.6. The zero-order chi connectivity index (χ0) is 36.7. The van der Waals surface area contributed by atoms with E-state index in [0.29, 0.717) is 22.3 Å². The molecule has 4 rings (SSSR count). The molecule has 50 heavy (non-hydrogen) atoms. The highest BCUT2D eigenvalue weighted by molar-refractivity contribution is 5.90. The monoisotopic (exact) mass is 690 g/mol. The smallest absolute Gasteiger partial charge is 0.338 e. The standard InChI is InChI=1S/C18H18O5.C13H18O5.C7H6O2/c19-17(15-7-3-1-4-8-15)22-13-11-21-12-14-23-18(20)16-9-5-2-6-10-16;1-8(14)7-18-9(2)12(15)10-4-3-5-11(6-10)13(16)17;8-7(9)6-4-2-1-3-5-6/h1-10H,11-14H2;3-6,8-9,12,14-15H,7H2,1-2H3,(H,16,17);1-5H,(H,8,9). The van der Waals surface area contributed by atoms with E-state index in [1.54, 1.807) is 105 Å². The van der Waals surface area contributed by atoms with Crippen molar-refractivity contribution in [2.24, 2.45) is 0 Å². The Balaban J connectivity index is 0.000000284. The van der Waals surface area contributed by atoms with Crippen molar-refractivity contribution in [3.05, 3.63) is 143 Å². The SMILES string of the molecule is CC(O)COC(C)C(O)c1cccc(C(=O)O)c1.O=C(O)c1ccccc1.O=C(OCCOCCOC(=O)c1ccccc1)c1ccccc1. The van der Waals surface area contributed by atoms with E-state index in [4.69, 9.17) is 34.3 Å². The number of carbonyl (C=O) groups excluding carboxylic acids is 2. The number of aliphatic hydroxyl groups is 2. The van der Waals surface area contributed by atoms with Crippen LogP contribution in [-0.4, -0.2) is 89.5 Å². The van der Waals surface area contributed by atoms with Crippen molar-refractivity contribution in [1.82, 2.24) is 0 Å². The fourth-order valence-electron chi connectivity index (χ4n) is 3.89. The summed E-state index contributed by atoms with van der Waals surface area (Å²) in [4.78, 5) is 44.3. The second-order valence-corrected chi connectivity index (χ2v) is 10.6. The van der Waals surface area contributed by atoms with Crippen LogP contribution >= 0.6 is 0 Å². The van der Waals surface area contributed by atoms with Crippen LogP contribution in [0.4, 0.5) is 0 Å². The lowest BCUT2D eigenvalue weighted by atomic mass is 10.0. The molecule has 0 radical (unpaired) electrons. The molecule has 0 fully saturated rings. The van der Waals surface area contributed by atoms with E-state index in [1.165, 1.54) is 12.1 Å². The van der Waals surface area contributed by atoms with Crippen LogP contribution in [0.15, 0.2) is 115 Å². The highest BCUT2D eigenvalue weighted by Gasteiger charge is 2.19. The minimum absolute atomic E-state index is 0.120. The summed E-state index contributed by atoms with van der Waals surface area (Å²) >= 11 is 0. The lowest BCUT2D eigenvalue weighted by Gasteiger charge is -2.20. The van der Waals surface area contributed by atoms with E-state index < -0.39 is 30.3 Å². The molecule has 0 saturated heterocycles. The molecule has 0 saturated carbocycles. The molecule has 266 valence electrons. The van der Waals surface area contributed by atoms with E-state index in [0.717, 1.165) is 0 Å². The molecule has 0 aliphatic heterocycles. The molecule has 12 nitrogen and oxygen atoms in total. The quantitative estimate of drug-likeness (QED) is 0.0933. The number of aromatic carboxylic acids is 2. The number of rotatable bonds is 15. The number of aliphatic hydroxyl groups excluding tert-OH is 2. The second kappa shape index (κ2) is 23.0. The summed E-state index contributed by atoms with van der Waals surface area (Å²) in [5.41, 5.74) is 1.94. The fraction of sp³-hybridized carbons (Fsp3) is 0.263. The number of ether oxygens (including phenoxy) is 4. The summed E-state index contributed by atoms with van der Waals surface area (Å²) in [5.74, 6) is -2.69. The van der Waals surface area contributed by atoms with Gasteiger partial charge in [0, 0.05) is 0 Å². The molecule has 0 aromatic heterocycles. The van der Waals surface area contributed by atoms with Gasteiger partial charge in [0.25, 0.3) is 0 Å². The fourth-order valence-corrected chi connectivity index (χ4v) is 3.89. The van der Waals surface area contributed by atoms with Crippen LogP contribution in [0.2, 0.25) is 0 Å².